The molecular weight excluding hydrogens is 216 g/mol. The minimum absolute atomic E-state index is 0.392. The van der Waals surface area contributed by atoms with Crippen LogP contribution >= 0.6 is 0 Å². The molecule has 1 heterocycles. The van der Waals surface area contributed by atoms with Crippen LogP contribution in [0.3, 0.4) is 0 Å². The van der Waals surface area contributed by atoms with Gasteiger partial charge in [0, 0.05) is 6.54 Å². The fraction of sp³-hybridized carbons (Fsp3) is 0.667. The van der Waals surface area contributed by atoms with Crippen molar-refractivity contribution in [2.75, 3.05) is 24.2 Å². The summed E-state index contributed by atoms with van der Waals surface area (Å²) in [6.45, 7) is 5.65. The van der Waals surface area contributed by atoms with Gasteiger partial charge in [-0.05, 0) is 25.2 Å². The third-order valence-electron chi connectivity index (χ3n) is 3.37. The van der Waals surface area contributed by atoms with E-state index in [1.807, 2.05) is 6.92 Å². The molecule has 1 fully saturated rings. The maximum absolute atomic E-state index is 5.95. The number of ether oxygens (including phenoxy) is 1. The summed E-state index contributed by atoms with van der Waals surface area (Å²) < 4.78 is 5.33. The molecule has 0 aliphatic heterocycles. The summed E-state index contributed by atoms with van der Waals surface area (Å²) in [4.78, 5) is 8.16. The highest BCUT2D eigenvalue weighted by Gasteiger charge is 2.31. The van der Waals surface area contributed by atoms with E-state index >= 15 is 0 Å². The summed E-state index contributed by atoms with van der Waals surface area (Å²) in [6, 6.07) is 0. The van der Waals surface area contributed by atoms with Crippen LogP contribution in [0.2, 0.25) is 0 Å². The molecule has 94 valence electrons. The molecule has 1 saturated carbocycles. The van der Waals surface area contributed by atoms with Crippen molar-refractivity contribution in [1.29, 1.82) is 0 Å². The number of aromatic nitrogens is 2. The zero-order valence-electron chi connectivity index (χ0n) is 10.5. The Morgan fingerprint density at radius 2 is 2.24 bits per heavy atom. The Hall–Kier alpha value is -1.52. The van der Waals surface area contributed by atoms with Gasteiger partial charge in [0.05, 0.1) is 6.61 Å². The first-order chi connectivity index (χ1) is 8.14. The van der Waals surface area contributed by atoms with Crippen molar-refractivity contribution in [2.24, 2.45) is 5.41 Å². The molecule has 0 atom stereocenters. The molecule has 0 amide bonds. The number of hydrogen-bond acceptors (Lipinski definition) is 5. The summed E-state index contributed by atoms with van der Waals surface area (Å²) in [6.07, 6.45) is 5.33. The lowest BCUT2D eigenvalue weighted by Crippen LogP contribution is -2.33. The van der Waals surface area contributed by atoms with Gasteiger partial charge >= 0.3 is 0 Å². The van der Waals surface area contributed by atoms with Crippen molar-refractivity contribution in [3.63, 3.8) is 0 Å². The number of rotatable bonds is 5. The summed E-state index contributed by atoms with van der Waals surface area (Å²) in [5.41, 5.74) is 6.84. The fourth-order valence-corrected chi connectivity index (χ4v) is 2.03. The Bertz CT molecular complexity index is 390. The highest BCUT2D eigenvalue weighted by molar-refractivity contribution is 5.66. The van der Waals surface area contributed by atoms with Crippen LogP contribution in [0, 0.1) is 5.41 Å². The van der Waals surface area contributed by atoms with E-state index < -0.39 is 0 Å². The van der Waals surface area contributed by atoms with Crippen molar-refractivity contribution in [3.8, 4) is 5.88 Å². The second-order valence-electron chi connectivity index (χ2n) is 4.89. The van der Waals surface area contributed by atoms with E-state index in [1.54, 1.807) is 0 Å². The van der Waals surface area contributed by atoms with Gasteiger partial charge in [-0.3, -0.25) is 0 Å². The van der Waals surface area contributed by atoms with Gasteiger partial charge in [-0.2, -0.15) is 4.98 Å². The molecule has 1 aromatic heterocycles. The first-order valence-electron chi connectivity index (χ1n) is 6.12. The standard InChI is InChI=1S/C12H20N4O/c1-3-17-11-9(13)10(15-8-16-11)14-7-12(2)5-4-6-12/h8H,3-7,13H2,1-2H3,(H,14,15,16). The number of nitrogens with two attached hydrogens (primary N) is 1. The summed E-state index contributed by atoms with van der Waals surface area (Å²) in [5.74, 6) is 1.14. The van der Waals surface area contributed by atoms with Gasteiger partial charge in [-0.25, -0.2) is 4.98 Å². The Balaban J connectivity index is 2.02. The molecule has 0 unspecified atom stereocenters. The second-order valence-corrected chi connectivity index (χ2v) is 4.89. The molecule has 1 aromatic rings. The van der Waals surface area contributed by atoms with Crippen molar-refractivity contribution >= 4 is 11.5 Å². The predicted octanol–water partition coefficient (Wildman–Crippen LogP) is 2.06. The second kappa shape index (κ2) is 4.77. The number of anilines is 2. The van der Waals surface area contributed by atoms with E-state index in [-0.39, 0.29) is 0 Å². The largest absolute Gasteiger partial charge is 0.476 e. The maximum atomic E-state index is 5.95. The number of nitrogen functional groups attached to an aromatic ring is 1. The molecule has 5 nitrogen and oxygen atoms in total. The van der Waals surface area contributed by atoms with Gasteiger partial charge < -0.3 is 15.8 Å². The molecule has 0 bridgehead atoms. The molecule has 17 heavy (non-hydrogen) atoms. The van der Waals surface area contributed by atoms with Crippen LogP contribution in [0.1, 0.15) is 33.1 Å². The SMILES string of the molecule is CCOc1ncnc(NCC2(C)CCC2)c1N. The Morgan fingerprint density at radius 3 is 2.82 bits per heavy atom. The Kier molecular flexibility index (Phi) is 3.36. The van der Waals surface area contributed by atoms with Gasteiger partial charge in [-0.1, -0.05) is 13.3 Å². The van der Waals surface area contributed by atoms with Gasteiger partial charge in [0.1, 0.15) is 12.0 Å². The average Bonchev–Trinajstić information content (AvgIpc) is 2.28. The van der Waals surface area contributed by atoms with Crippen LogP contribution in [-0.2, 0) is 0 Å². The number of hydrogen-bond donors (Lipinski definition) is 2. The van der Waals surface area contributed by atoms with Crippen molar-refractivity contribution in [2.45, 2.75) is 33.1 Å². The van der Waals surface area contributed by atoms with E-state index in [9.17, 15) is 0 Å². The molecule has 1 aliphatic carbocycles. The molecule has 0 saturated heterocycles. The zero-order chi connectivity index (χ0) is 12.3. The molecule has 0 radical (unpaired) electrons. The minimum atomic E-state index is 0.392. The van der Waals surface area contributed by atoms with Crippen molar-refractivity contribution in [1.82, 2.24) is 9.97 Å². The van der Waals surface area contributed by atoms with Crippen LogP contribution in [0.5, 0.6) is 5.88 Å². The third kappa shape index (κ3) is 2.60. The molecule has 0 aromatic carbocycles. The lowest BCUT2D eigenvalue weighted by atomic mass is 9.70. The van der Waals surface area contributed by atoms with Crippen LogP contribution in [0.25, 0.3) is 0 Å². The smallest absolute Gasteiger partial charge is 0.242 e. The third-order valence-corrected chi connectivity index (χ3v) is 3.37. The monoisotopic (exact) mass is 236 g/mol. The normalized spacial score (nSPS) is 17.3. The zero-order valence-corrected chi connectivity index (χ0v) is 10.5. The first-order valence-corrected chi connectivity index (χ1v) is 6.12. The summed E-state index contributed by atoms with van der Waals surface area (Å²) in [7, 11) is 0. The Morgan fingerprint density at radius 1 is 1.47 bits per heavy atom. The van der Waals surface area contributed by atoms with E-state index in [0.29, 0.717) is 29.4 Å². The van der Waals surface area contributed by atoms with E-state index in [1.165, 1.54) is 25.6 Å². The number of nitrogens with one attached hydrogen (secondary N) is 1. The lowest BCUT2D eigenvalue weighted by molar-refractivity contribution is 0.180. The highest BCUT2D eigenvalue weighted by Crippen LogP contribution is 2.40. The topological polar surface area (TPSA) is 73.1 Å². The first kappa shape index (κ1) is 12.0. The summed E-state index contributed by atoms with van der Waals surface area (Å²) >= 11 is 0. The average molecular weight is 236 g/mol. The van der Waals surface area contributed by atoms with E-state index in [4.69, 9.17) is 10.5 Å². The molecular formula is C12H20N4O. The van der Waals surface area contributed by atoms with Crippen LogP contribution in [0.15, 0.2) is 6.33 Å². The summed E-state index contributed by atoms with van der Waals surface area (Å²) in [5, 5.41) is 3.30. The van der Waals surface area contributed by atoms with Gasteiger partial charge in [0.25, 0.3) is 0 Å². The molecule has 3 N–H and O–H groups in total. The molecule has 1 aliphatic rings. The van der Waals surface area contributed by atoms with Crippen molar-refractivity contribution < 1.29 is 4.74 Å². The predicted molar refractivity (Wildman–Crippen MR) is 68.1 cm³/mol. The van der Waals surface area contributed by atoms with Gasteiger partial charge in [0.15, 0.2) is 5.82 Å². The fourth-order valence-electron chi connectivity index (χ4n) is 2.03. The number of nitrogens with zero attached hydrogens (tertiary/aromatic N) is 2. The lowest BCUT2D eigenvalue weighted by Gasteiger charge is -2.38. The Labute approximate surface area is 102 Å². The van der Waals surface area contributed by atoms with E-state index in [2.05, 4.69) is 22.2 Å². The van der Waals surface area contributed by atoms with Crippen LogP contribution < -0.4 is 15.8 Å². The molecule has 0 spiro atoms. The maximum Gasteiger partial charge on any atom is 0.242 e. The molecule has 2 rings (SSSR count). The van der Waals surface area contributed by atoms with Crippen LogP contribution in [-0.4, -0.2) is 23.1 Å². The minimum Gasteiger partial charge on any atom is -0.476 e. The van der Waals surface area contributed by atoms with E-state index in [0.717, 1.165) is 6.54 Å². The van der Waals surface area contributed by atoms with Crippen molar-refractivity contribution in [3.05, 3.63) is 6.33 Å². The molecule has 5 heteroatoms. The van der Waals surface area contributed by atoms with Gasteiger partial charge in [0.2, 0.25) is 5.88 Å². The van der Waals surface area contributed by atoms with Gasteiger partial charge in [-0.15, -0.1) is 0 Å². The van der Waals surface area contributed by atoms with Crippen LogP contribution in [0.4, 0.5) is 11.5 Å². The highest BCUT2D eigenvalue weighted by atomic mass is 16.5. The quantitative estimate of drug-likeness (QED) is 0.818.